The van der Waals surface area contributed by atoms with Crippen molar-refractivity contribution >= 4 is 35.3 Å². The Labute approximate surface area is 207 Å². The molecule has 3 aromatic carbocycles. The molecule has 0 saturated carbocycles. The molecule has 0 unspecified atom stereocenters. The lowest BCUT2D eigenvalue weighted by atomic mass is 10.1. The number of nitrogens with zero attached hydrogens (tertiary/aromatic N) is 1. The van der Waals surface area contributed by atoms with Gasteiger partial charge in [0, 0.05) is 37.7 Å². The Morgan fingerprint density at radius 1 is 0.861 bits per heavy atom. The summed E-state index contributed by atoms with van der Waals surface area (Å²) in [5.74, 6) is -1.70. The second kappa shape index (κ2) is 10.6. The maximum atomic E-state index is 12.5. The van der Waals surface area contributed by atoms with Gasteiger partial charge in [-0.05, 0) is 48.0 Å². The van der Waals surface area contributed by atoms with Gasteiger partial charge < -0.3 is 15.4 Å². The maximum Gasteiger partial charge on any atom is 0.308 e. The number of rotatable bonds is 8. The Hall–Kier alpha value is -4.79. The van der Waals surface area contributed by atoms with Crippen molar-refractivity contribution in [2.24, 2.45) is 0 Å². The van der Waals surface area contributed by atoms with E-state index in [9.17, 15) is 24.0 Å². The minimum Gasteiger partial charge on any atom is -0.427 e. The Kier molecular flexibility index (Phi) is 7.20. The first-order chi connectivity index (χ1) is 17.3. The minimum absolute atomic E-state index is 0.0274. The first-order valence-corrected chi connectivity index (χ1v) is 11.2. The maximum absolute atomic E-state index is 12.5. The van der Waals surface area contributed by atoms with Gasteiger partial charge in [0.2, 0.25) is 5.91 Å². The molecule has 0 atom stereocenters. The molecule has 9 nitrogen and oxygen atoms in total. The first-order valence-electron chi connectivity index (χ1n) is 11.2. The van der Waals surface area contributed by atoms with E-state index in [0.717, 1.165) is 10.5 Å². The van der Waals surface area contributed by atoms with Crippen LogP contribution in [0, 0.1) is 0 Å². The highest BCUT2D eigenvalue weighted by Gasteiger charge is 2.34. The Morgan fingerprint density at radius 3 is 2.25 bits per heavy atom. The number of esters is 1. The number of carbonyl (C=O) groups is 5. The normalized spacial score (nSPS) is 12.2. The van der Waals surface area contributed by atoms with E-state index in [1.165, 1.54) is 13.0 Å². The Bertz CT molecular complexity index is 1330. The SMILES string of the molecule is CC(=O)Oc1cccc(C(=O)NCc2cccc(NC(=O)CCN3C(=O)c4ccccc4C3=O)c2)c1. The summed E-state index contributed by atoms with van der Waals surface area (Å²) in [4.78, 5) is 62.0. The van der Waals surface area contributed by atoms with E-state index in [2.05, 4.69) is 10.6 Å². The predicted octanol–water partition coefficient (Wildman–Crippen LogP) is 3.17. The van der Waals surface area contributed by atoms with Gasteiger partial charge in [-0.25, -0.2) is 0 Å². The molecule has 0 fully saturated rings. The average Bonchev–Trinajstić information content (AvgIpc) is 3.10. The van der Waals surface area contributed by atoms with E-state index in [1.807, 2.05) is 0 Å². The first kappa shape index (κ1) is 24.3. The van der Waals surface area contributed by atoms with Crippen molar-refractivity contribution in [1.29, 1.82) is 0 Å². The molecule has 2 N–H and O–H groups in total. The van der Waals surface area contributed by atoms with Crippen molar-refractivity contribution in [2.75, 3.05) is 11.9 Å². The molecule has 1 aliphatic rings. The van der Waals surface area contributed by atoms with Crippen LogP contribution in [0.15, 0.2) is 72.8 Å². The molecular weight excluding hydrogens is 462 g/mol. The molecule has 0 spiro atoms. The Morgan fingerprint density at radius 2 is 1.56 bits per heavy atom. The highest BCUT2D eigenvalue weighted by molar-refractivity contribution is 6.21. The molecule has 1 aliphatic heterocycles. The lowest BCUT2D eigenvalue weighted by molar-refractivity contribution is -0.131. The third kappa shape index (κ3) is 5.64. The number of ether oxygens (including phenoxy) is 1. The van der Waals surface area contributed by atoms with Crippen LogP contribution in [0.4, 0.5) is 5.69 Å². The van der Waals surface area contributed by atoms with Crippen molar-refractivity contribution in [3.8, 4) is 5.75 Å². The number of carbonyl (C=O) groups excluding carboxylic acids is 5. The number of hydrogen-bond acceptors (Lipinski definition) is 6. The van der Waals surface area contributed by atoms with Gasteiger partial charge in [0.15, 0.2) is 0 Å². The number of anilines is 1. The largest absolute Gasteiger partial charge is 0.427 e. The highest BCUT2D eigenvalue weighted by atomic mass is 16.5. The number of benzene rings is 3. The molecule has 0 aliphatic carbocycles. The van der Waals surface area contributed by atoms with E-state index in [-0.39, 0.29) is 37.1 Å². The van der Waals surface area contributed by atoms with Crippen LogP contribution in [-0.2, 0) is 16.1 Å². The fourth-order valence-electron chi connectivity index (χ4n) is 3.79. The fourth-order valence-corrected chi connectivity index (χ4v) is 3.79. The zero-order valence-electron chi connectivity index (χ0n) is 19.4. The van der Waals surface area contributed by atoms with E-state index in [4.69, 9.17) is 4.74 Å². The monoisotopic (exact) mass is 485 g/mol. The van der Waals surface area contributed by atoms with Gasteiger partial charge >= 0.3 is 5.97 Å². The molecule has 3 aromatic rings. The van der Waals surface area contributed by atoms with Crippen LogP contribution in [0.1, 0.15) is 50.0 Å². The van der Waals surface area contributed by atoms with Crippen LogP contribution in [-0.4, -0.2) is 41.0 Å². The lowest BCUT2D eigenvalue weighted by Crippen LogP contribution is -2.32. The number of amides is 4. The third-order valence-electron chi connectivity index (χ3n) is 5.46. The van der Waals surface area contributed by atoms with Gasteiger partial charge in [0.05, 0.1) is 11.1 Å². The summed E-state index contributed by atoms with van der Waals surface area (Å²) >= 11 is 0. The summed E-state index contributed by atoms with van der Waals surface area (Å²) in [6.45, 7) is 1.46. The van der Waals surface area contributed by atoms with E-state index in [0.29, 0.717) is 22.4 Å². The van der Waals surface area contributed by atoms with Crippen LogP contribution >= 0.6 is 0 Å². The quantitative estimate of drug-likeness (QED) is 0.287. The Balaban J connectivity index is 1.30. The number of hydrogen-bond donors (Lipinski definition) is 2. The van der Waals surface area contributed by atoms with Gasteiger partial charge in [-0.15, -0.1) is 0 Å². The summed E-state index contributed by atoms with van der Waals surface area (Å²) in [7, 11) is 0. The molecule has 182 valence electrons. The zero-order chi connectivity index (χ0) is 25.7. The predicted molar refractivity (Wildman–Crippen MR) is 130 cm³/mol. The van der Waals surface area contributed by atoms with Crippen molar-refractivity contribution in [3.05, 3.63) is 95.1 Å². The molecule has 4 amide bonds. The molecule has 0 aromatic heterocycles. The second-order valence-electron chi connectivity index (χ2n) is 8.11. The standard InChI is InChI=1S/C27H23N3O6/c1-17(31)36-21-9-5-7-19(15-21)25(33)28-16-18-6-4-8-20(14-18)29-24(32)12-13-30-26(34)22-10-2-3-11-23(22)27(30)35/h2-11,14-15H,12-13,16H2,1H3,(H,28,33)(H,29,32). The summed E-state index contributed by atoms with van der Waals surface area (Å²) in [6, 6.07) is 19.8. The van der Waals surface area contributed by atoms with Crippen molar-refractivity contribution in [1.82, 2.24) is 10.2 Å². The molecule has 0 saturated heterocycles. The van der Waals surface area contributed by atoms with Crippen molar-refractivity contribution < 1.29 is 28.7 Å². The summed E-state index contributed by atoms with van der Waals surface area (Å²) in [5, 5.41) is 5.54. The van der Waals surface area contributed by atoms with Gasteiger partial charge in [-0.3, -0.25) is 28.9 Å². The number of fused-ring (bicyclic) bond motifs is 1. The number of imide groups is 1. The summed E-state index contributed by atoms with van der Waals surface area (Å²) in [5.41, 5.74) is 2.29. The topological polar surface area (TPSA) is 122 Å². The van der Waals surface area contributed by atoms with E-state index < -0.39 is 17.8 Å². The smallest absolute Gasteiger partial charge is 0.308 e. The summed E-state index contributed by atoms with van der Waals surface area (Å²) < 4.78 is 5.00. The van der Waals surface area contributed by atoms with Gasteiger partial charge in [-0.1, -0.05) is 30.3 Å². The van der Waals surface area contributed by atoms with Crippen LogP contribution < -0.4 is 15.4 Å². The minimum atomic E-state index is -0.477. The molecule has 0 radical (unpaired) electrons. The van der Waals surface area contributed by atoms with E-state index in [1.54, 1.807) is 66.7 Å². The molecular formula is C27H23N3O6. The molecule has 9 heteroatoms. The highest BCUT2D eigenvalue weighted by Crippen LogP contribution is 2.22. The third-order valence-corrected chi connectivity index (χ3v) is 5.46. The van der Waals surface area contributed by atoms with Gasteiger partial charge in [0.25, 0.3) is 17.7 Å². The summed E-state index contributed by atoms with van der Waals surface area (Å²) in [6.07, 6.45) is -0.0505. The molecule has 0 bridgehead atoms. The van der Waals surface area contributed by atoms with Crippen LogP contribution in [0.5, 0.6) is 5.75 Å². The second-order valence-corrected chi connectivity index (χ2v) is 8.11. The van der Waals surface area contributed by atoms with Crippen molar-refractivity contribution in [3.63, 3.8) is 0 Å². The zero-order valence-corrected chi connectivity index (χ0v) is 19.4. The lowest BCUT2D eigenvalue weighted by Gasteiger charge is -2.14. The van der Waals surface area contributed by atoms with Gasteiger partial charge in [-0.2, -0.15) is 0 Å². The van der Waals surface area contributed by atoms with E-state index >= 15 is 0 Å². The molecule has 1 heterocycles. The van der Waals surface area contributed by atoms with Crippen LogP contribution in [0.25, 0.3) is 0 Å². The average molecular weight is 485 g/mol. The van der Waals surface area contributed by atoms with Crippen LogP contribution in [0.2, 0.25) is 0 Å². The number of nitrogens with one attached hydrogen (secondary N) is 2. The molecule has 36 heavy (non-hydrogen) atoms. The molecule has 4 rings (SSSR count). The fraction of sp³-hybridized carbons (Fsp3) is 0.148. The van der Waals surface area contributed by atoms with Crippen LogP contribution in [0.3, 0.4) is 0 Å². The van der Waals surface area contributed by atoms with Gasteiger partial charge in [0.1, 0.15) is 5.75 Å². The van der Waals surface area contributed by atoms with Crippen molar-refractivity contribution in [2.45, 2.75) is 19.9 Å².